The van der Waals surface area contributed by atoms with Crippen LogP contribution in [0.15, 0.2) is 24.3 Å². The van der Waals surface area contributed by atoms with E-state index in [-0.39, 0.29) is 11.7 Å². The second-order valence-corrected chi connectivity index (χ2v) is 6.81. The summed E-state index contributed by atoms with van der Waals surface area (Å²) in [6.07, 6.45) is 3.10. The Balaban J connectivity index is 1.72. The summed E-state index contributed by atoms with van der Waals surface area (Å²) in [4.78, 5) is 23.7. The molecule has 1 aliphatic carbocycles. The van der Waals surface area contributed by atoms with Gasteiger partial charge in [0.25, 0.3) is 0 Å². The number of carboxylic acids is 1. The smallest absolute Gasteiger partial charge is 0.307 e. The fourth-order valence-corrected chi connectivity index (χ4v) is 3.56. The first-order valence-electron chi connectivity index (χ1n) is 8.36. The number of rotatable bonds is 5. The Morgan fingerprint density at radius 1 is 1.17 bits per heavy atom. The fourth-order valence-electron chi connectivity index (χ4n) is 3.56. The zero-order chi connectivity index (χ0) is 17.2. The van der Waals surface area contributed by atoms with E-state index >= 15 is 0 Å². The lowest BCUT2D eigenvalue weighted by Gasteiger charge is -2.41. The minimum Gasteiger partial charge on any atom is -0.481 e. The van der Waals surface area contributed by atoms with Crippen molar-refractivity contribution < 1.29 is 23.8 Å². The molecule has 0 bridgehead atoms. The lowest BCUT2D eigenvalue weighted by molar-refractivity contribution is -0.153. The predicted molar refractivity (Wildman–Crippen MR) is 84.9 cm³/mol. The van der Waals surface area contributed by atoms with Gasteiger partial charge in [-0.05, 0) is 49.8 Å². The molecule has 130 valence electrons. The molecule has 6 heteroatoms. The molecular weight excluding hydrogens is 313 g/mol. The van der Waals surface area contributed by atoms with Gasteiger partial charge in [0.1, 0.15) is 5.82 Å². The number of amides is 1. The van der Waals surface area contributed by atoms with Gasteiger partial charge in [-0.3, -0.25) is 9.59 Å². The number of carbonyl (C=O) groups is 2. The normalized spacial score (nSPS) is 25.5. The highest BCUT2D eigenvalue weighted by atomic mass is 19.1. The molecule has 1 saturated carbocycles. The Kier molecular flexibility index (Phi) is 4.85. The summed E-state index contributed by atoms with van der Waals surface area (Å²) in [6, 6.07) is 6.28. The zero-order valence-electron chi connectivity index (χ0n) is 13.5. The minimum absolute atomic E-state index is 0.183. The van der Waals surface area contributed by atoms with Crippen LogP contribution in [-0.2, 0) is 20.7 Å². The molecule has 2 atom stereocenters. The number of aliphatic carboxylic acids is 1. The van der Waals surface area contributed by atoms with Gasteiger partial charge >= 0.3 is 5.97 Å². The van der Waals surface area contributed by atoms with Gasteiger partial charge < -0.3 is 15.2 Å². The van der Waals surface area contributed by atoms with Crippen LogP contribution in [0.4, 0.5) is 4.39 Å². The molecule has 2 aliphatic rings. The predicted octanol–water partition coefficient (Wildman–Crippen LogP) is 2.14. The first kappa shape index (κ1) is 16.9. The van der Waals surface area contributed by atoms with Crippen LogP contribution in [0.2, 0.25) is 0 Å². The molecule has 24 heavy (non-hydrogen) atoms. The van der Waals surface area contributed by atoms with E-state index in [0.717, 1.165) is 5.56 Å². The quantitative estimate of drug-likeness (QED) is 0.864. The number of nitrogens with one attached hydrogen (secondary N) is 1. The summed E-state index contributed by atoms with van der Waals surface area (Å²) in [5, 5.41) is 12.3. The summed E-state index contributed by atoms with van der Waals surface area (Å²) in [6.45, 7) is 1.10. The maximum atomic E-state index is 13.1. The summed E-state index contributed by atoms with van der Waals surface area (Å²) in [5.41, 5.74) is 0.494. The molecule has 1 aromatic rings. The summed E-state index contributed by atoms with van der Waals surface area (Å²) in [5.74, 6) is -2.40. The van der Waals surface area contributed by atoms with Gasteiger partial charge in [0.05, 0.1) is 11.8 Å². The highest BCUT2D eigenvalue weighted by Gasteiger charge is 2.44. The number of carbonyl (C=O) groups excluding carboxylic acids is 1. The third-order valence-corrected chi connectivity index (χ3v) is 5.22. The average molecular weight is 335 g/mol. The van der Waals surface area contributed by atoms with Gasteiger partial charge in [-0.25, -0.2) is 4.39 Å². The van der Waals surface area contributed by atoms with E-state index in [4.69, 9.17) is 9.84 Å². The number of ether oxygens (including phenoxy) is 1. The molecule has 0 spiro atoms. The molecule has 1 heterocycles. The van der Waals surface area contributed by atoms with E-state index in [9.17, 15) is 14.0 Å². The molecule has 0 radical (unpaired) electrons. The molecule has 1 aliphatic heterocycles. The van der Waals surface area contributed by atoms with Gasteiger partial charge in [0.15, 0.2) is 0 Å². The molecule has 2 fully saturated rings. The Morgan fingerprint density at radius 3 is 2.33 bits per heavy atom. The van der Waals surface area contributed by atoms with Gasteiger partial charge in [-0.1, -0.05) is 12.1 Å². The highest BCUT2D eigenvalue weighted by Crippen LogP contribution is 2.36. The number of benzene rings is 1. The van der Waals surface area contributed by atoms with Crippen molar-refractivity contribution >= 4 is 11.9 Å². The van der Waals surface area contributed by atoms with Crippen LogP contribution in [0.5, 0.6) is 0 Å². The Bertz CT molecular complexity index is 610. The molecule has 1 amide bonds. The van der Waals surface area contributed by atoms with Crippen molar-refractivity contribution in [3.63, 3.8) is 0 Å². The van der Waals surface area contributed by atoms with Gasteiger partial charge in [0, 0.05) is 18.8 Å². The van der Waals surface area contributed by atoms with Crippen molar-refractivity contribution in [1.29, 1.82) is 0 Å². The van der Waals surface area contributed by atoms with E-state index in [2.05, 4.69) is 5.32 Å². The Labute approximate surface area is 140 Å². The molecule has 3 rings (SSSR count). The highest BCUT2D eigenvalue weighted by molar-refractivity contribution is 5.86. The first-order valence-corrected chi connectivity index (χ1v) is 8.36. The van der Waals surface area contributed by atoms with Crippen LogP contribution in [0.3, 0.4) is 0 Å². The SMILES string of the molecule is O=C(NC1(Cc2ccc(F)cc2)CCOCC1)[C@H]1CC[C@H]1C(=O)O. The molecule has 0 aromatic heterocycles. The second kappa shape index (κ2) is 6.89. The van der Waals surface area contributed by atoms with Crippen LogP contribution in [0.25, 0.3) is 0 Å². The molecule has 1 saturated heterocycles. The first-order chi connectivity index (χ1) is 11.5. The third-order valence-electron chi connectivity index (χ3n) is 5.22. The third kappa shape index (κ3) is 3.59. The molecule has 0 unspecified atom stereocenters. The van der Waals surface area contributed by atoms with Gasteiger partial charge in [-0.15, -0.1) is 0 Å². The van der Waals surface area contributed by atoms with Gasteiger partial charge in [0.2, 0.25) is 5.91 Å². The van der Waals surface area contributed by atoms with Gasteiger partial charge in [-0.2, -0.15) is 0 Å². The van der Waals surface area contributed by atoms with Crippen LogP contribution >= 0.6 is 0 Å². The largest absolute Gasteiger partial charge is 0.481 e. The lowest BCUT2D eigenvalue weighted by atomic mass is 9.72. The van der Waals surface area contributed by atoms with E-state index in [1.54, 1.807) is 12.1 Å². The van der Waals surface area contributed by atoms with Crippen molar-refractivity contribution in [2.24, 2.45) is 11.8 Å². The number of hydrogen-bond acceptors (Lipinski definition) is 3. The van der Waals surface area contributed by atoms with E-state index in [1.165, 1.54) is 12.1 Å². The standard InChI is InChI=1S/C18H22FNO4/c19-13-3-1-12(2-4-13)11-18(7-9-24-10-8-18)20-16(21)14-5-6-15(14)17(22)23/h1-4,14-15H,5-11H2,(H,20,21)(H,22,23)/t14-,15+/m0/s1. The summed E-state index contributed by atoms with van der Waals surface area (Å²) < 4.78 is 18.5. The Morgan fingerprint density at radius 2 is 1.79 bits per heavy atom. The second-order valence-electron chi connectivity index (χ2n) is 6.81. The number of halogens is 1. The van der Waals surface area contributed by atoms with Crippen LogP contribution < -0.4 is 5.32 Å². The minimum atomic E-state index is -0.902. The van der Waals surface area contributed by atoms with Crippen molar-refractivity contribution in [1.82, 2.24) is 5.32 Å². The average Bonchev–Trinajstić information content (AvgIpc) is 2.48. The van der Waals surface area contributed by atoms with E-state index in [0.29, 0.717) is 45.3 Å². The number of carboxylic acid groups (broad SMARTS) is 1. The molecule has 5 nitrogen and oxygen atoms in total. The van der Waals surface area contributed by atoms with Crippen molar-refractivity contribution in [2.75, 3.05) is 13.2 Å². The van der Waals surface area contributed by atoms with Crippen molar-refractivity contribution in [3.8, 4) is 0 Å². The molecule has 1 aromatic carbocycles. The van der Waals surface area contributed by atoms with Crippen LogP contribution in [0.1, 0.15) is 31.2 Å². The zero-order valence-corrected chi connectivity index (χ0v) is 13.5. The topological polar surface area (TPSA) is 75.6 Å². The Hall–Kier alpha value is -1.95. The summed E-state index contributed by atoms with van der Waals surface area (Å²) in [7, 11) is 0. The fraction of sp³-hybridized carbons (Fsp3) is 0.556. The van der Waals surface area contributed by atoms with Crippen molar-refractivity contribution in [2.45, 2.75) is 37.6 Å². The van der Waals surface area contributed by atoms with E-state index in [1.807, 2.05) is 0 Å². The molecule has 2 N–H and O–H groups in total. The maximum absolute atomic E-state index is 13.1. The van der Waals surface area contributed by atoms with Crippen LogP contribution in [0, 0.1) is 17.7 Å². The van der Waals surface area contributed by atoms with E-state index < -0.39 is 23.3 Å². The monoisotopic (exact) mass is 335 g/mol. The maximum Gasteiger partial charge on any atom is 0.307 e. The van der Waals surface area contributed by atoms with Crippen LogP contribution in [-0.4, -0.2) is 35.7 Å². The van der Waals surface area contributed by atoms with Crippen molar-refractivity contribution in [3.05, 3.63) is 35.6 Å². The number of hydrogen-bond donors (Lipinski definition) is 2. The summed E-state index contributed by atoms with van der Waals surface area (Å²) >= 11 is 0. The molecular formula is C18H22FNO4. The lowest BCUT2D eigenvalue weighted by Crippen LogP contribution is -2.57.